The van der Waals surface area contributed by atoms with E-state index in [1.165, 1.54) is 0 Å². The van der Waals surface area contributed by atoms with Crippen LogP contribution in [0.3, 0.4) is 0 Å². The Balaban J connectivity index is 1.99. The first-order valence-electron chi connectivity index (χ1n) is 6.53. The van der Waals surface area contributed by atoms with E-state index in [2.05, 4.69) is 20.0 Å². The predicted molar refractivity (Wildman–Crippen MR) is 73.1 cm³/mol. The Morgan fingerprint density at radius 2 is 2.16 bits per heavy atom. The van der Waals surface area contributed by atoms with E-state index in [1.807, 2.05) is 21.0 Å². The molecule has 0 spiro atoms. The van der Waals surface area contributed by atoms with E-state index in [-0.39, 0.29) is 12.0 Å². The second-order valence-electron chi connectivity index (χ2n) is 5.61. The maximum Gasteiger partial charge on any atom is 0.163 e. The van der Waals surface area contributed by atoms with E-state index in [0.717, 1.165) is 42.1 Å². The molecule has 0 amide bonds. The van der Waals surface area contributed by atoms with Gasteiger partial charge in [0.1, 0.15) is 11.6 Å². The lowest BCUT2D eigenvalue weighted by Crippen LogP contribution is -2.29. The summed E-state index contributed by atoms with van der Waals surface area (Å²) in [5.74, 6) is 1.64. The van der Waals surface area contributed by atoms with Gasteiger partial charge in [0.2, 0.25) is 0 Å². The van der Waals surface area contributed by atoms with E-state index in [4.69, 9.17) is 0 Å². The summed E-state index contributed by atoms with van der Waals surface area (Å²) in [6.45, 7) is 2.96. The molecule has 0 bridgehead atoms. The molecule has 0 radical (unpaired) electrons. The van der Waals surface area contributed by atoms with E-state index in [9.17, 15) is 5.11 Å². The number of nitrogens with zero attached hydrogens (tertiary/aromatic N) is 5. The lowest BCUT2D eigenvalue weighted by Gasteiger charge is -2.24. The number of aliphatic hydroxyl groups is 1. The Morgan fingerprint density at radius 3 is 2.79 bits per heavy atom. The average molecular weight is 261 g/mol. The zero-order valence-corrected chi connectivity index (χ0v) is 11.6. The molecule has 2 aromatic heterocycles. The van der Waals surface area contributed by atoms with Gasteiger partial charge in [0.25, 0.3) is 0 Å². The maximum atomic E-state index is 9.45. The summed E-state index contributed by atoms with van der Waals surface area (Å²) >= 11 is 0. The van der Waals surface area contributed by atoms with Crippen LogP contribution in [0.25, 0.3) is 11.0 Å². The Labute approximate surface area is 112 Å². The standard InChI is InChI=1S/C13H19N5O/c1-9-15-11(10-6-14-18(3)12(10)16-9)17(2)7-13(8-19)4-5-13/h6,19H,4-5,7-8H2,1-3H3. The molecule has 0 aliphatic heterocycles. The number of aromatic nitrogens is 4. The summed E-state index contributed by atoms with van der Waals surface area (Å²) in [5, 5.41) is 14.7. The number of anilines is 1. The number of hydrogen-bond acceptors (Lipinski definition) is 5. The highest BCUT2D eigenvalue weighted by molar-refractivity contribution is 5.86. The second-order valence-corrected chi connectivity index (χ2v) is 5.61. The van der Waals surface area contributed by atoms with Crippen molar-refractivity contribution in [3.05, 3.63) is 12.0 Å². The summed E-state index contributed by atoms with van der Waals surface area (Å²) < 4.78 is 1.76. The van der Waals surface area contributed by atoms with Crippen molar-refractivity contribution in [3.8, 4) is 0 Å². The molecule has 19 heavy (non-hydrogen) atoms. The van der Waals surface area contributed by atoms with Gasteiger partial charge in [-0.1, -0.05) is 0 Å². The highest BCUT2D eigenvalue weighted by atomic mass is 16.3. The largest absolute Gasteiger partial charge is 0.396 e. The molecular weight excluding hydrogens is 242 g/mol. The molecule has 0 atom stereocenters. The molecule has 6 nitrogen and oxygen atoms in total. The fraction of sp³-hybridized carbons (Fsp3) is 0.615. The van der Waals surface area contributed by atoms with Gasteiger partial charge in [-0.25, -0.2) is 9.97 Å². The monoisotopic (exact) mass is 261 g/mol. The van der Waals surface area contributed by atoms with E-state index in [0.29, 0.717) is 0 Å². The van der Waals surface area contributed by atoms with Gasteiger partial charge in [-0.05, 0) is 19.8 Å². The second kappa shape index (κ2) is 4.16. The van der Waals surface area contributed by atoms with Crippen LogP contribution in [0.1, 0.15) is 18.7 Å². The fourth-order valence-electron chi connectivity index (χ4n) is 2.53. The zero-order chi connectivity index (χ0) is 13.6. The Bertz CT molecular complexity index is 617. The minimum absolute atomic E-state index is 0.0716. The molecule has 1 aliphatic rings. The van der Waals surface area contributed by atoms with Crippen molar-refractivity contribution in [2.45, 2.75) is 19.8 Å². The lowest BCUT2D eigenvalue weighted by atomic mass is 10.1. The molecule has 0 saturated heterocycles. The Kier molecular flexibility index (Phi) is 2.70. The Hall–Kier alpha value is -1.69. The predicted octanol–water partition coefficient (Wildman–Crippen LogP) is 0.880. The number of hydrogen-bond donors (Lipinski definition) is 1. The molecule has 1 fully saturated rings. The number of fused-ring (bicyclic) bond motifs is 1. The summed E-state index contributed by atoms with van der Waals surface area (Å²) in [5.41, 5.74) is 0.922. The SMILES string of the molecule is Cc1nc(N(C)CC2(CO)CC2)c2cnn(C)c2n1. The molecule has 0 aromatic carbocycles. The van der Waals surface area contributed by atoms with Gasteiger partial charge in [0.05, 0.1) is 18.2 Å². The fourth-order valence-corrected chi connectivity index (χ4v) is 2.53. The van der Waals surface area contributed by atoms with Crippen molar-refractivity contribution in [1.29, 1.82) is 0 Å². The van der Waals surface area contributed by atoms with Gasteiger partial charge in [-0.3, -0.25) is 4.68 Å². The quantitative estimate of drug-likeness (QED) is 0.885. The first-order chi connectivity index (χ1) is 9.04. The normalized spacial score (nSPS) is 16.8. The van der Waals surface area contributed by atoms with E-state index in [1.54, 1.807) is 10.9 Å². The molecule has 3 rings (SSSR count). The van der Waals surface area contributed by atoms with Crippen LogP contribution in [0.15, 0.2) is 6.20 Å². The van der Waals surface area contributed by atoms with Crippen LogP contribution in [0.5, 0.6) is 0 Å². The van der Waals surface area contributed by atoms with Crippen LogP contribution in [0, 0.1) is 12.3 Å². The molecule has 2 heterocycles. The topological polar surface area (TPSA) is 67.1 Å². The van der Waals surface area contributed by atoms with Crippen molar-refractivity contribution in [3.63, 3.8) is 0 Å². The third-order valence-corrected chi connectivity index (χ3v) is 3.91. The van der Waals surface area contributed by atoms with Crippen LogP contribution < -0.4 is 4.90 Å². The van der Waals surface area contributed by atoms with Crippen LogP contribution >= 0.6 is 0 Å². The van der Waals surface area contributed by atoms with E-state index < -0.39 is 0 Å². The van der Waals surface area contributed by atoms with Gasteiger partial charge >= 0.3 is 0 Å². The molecule has 1 aliphatic carbocycles. The van der Waals surface area contributed by atoms with E-state index >= 15 is 0 Å². The summed E-state index contributed by atoms with van der Waals surface area (Å²) in [4.78, 5) is 11.1. The van der Waals surface area contributed by atoms with Gasteiger partial charge in [-0.2, -0.15) is 5.10 Å². The summed E-state index contributed by atoms with van der Waals surface area (Å²) in [7, 11) is 3.90. The molecule has 1 N–H and O–H groups in total. The van der Waals surface area contributed by atoms with Crippen LogP contribution in [-0.2, 0) is 7.05 Å². The average Bonchev–Trinajstić information content (AvgIpc) is 3.07. The third kappa shape index (κ3) is 2.06. The van der Waals surface area contributed by atoms with Crippen molar-refractivity contribution in [2.24, 2.45) is 12.5 Å². The highest BCUT2D eigenvalue weighted by Gasteiger charge is 2.43. The first-order valence-corrected chi connectivity index (χ1v) is 6.53. The van der Waals surface area contributed by atoms with Crippen molar-refractivity contribution >= 4 is 16.9 Å². The smallest absolute Gasteiger partial charge is 0.163 e. The zero-order valence-electron chi connectivity index (χ0n) is 11.6. The minimum Gasteiger partial charge on any atom is -0.396 e. The van der Waals surface area contributed by atoms with Crippen LogP contribution in [-0.4, -0.2) is 45.1 Å². The lowest BCUT2D eigenvalue weighted by molar-refractivity contribution is 0.215. The summed E-state index contributed by atoms with van der Waals surface area (Å²) in [6, 6.07) is 0. The highest BCUT2D eigenvalue weighted by Crippen LogP contribution is 2.46. The number of aliphatic hydroxyl groups excluding tert-OH is 1. The molecule has 6 heteroatoms. The molecule has 2 aromatic rings. The van der Waals surface area contributed by atoms with Crippen molar-refractivity contribution in [1.82, 2.24) is 19.7 Å². The first kappa shape index (κ1) is 12.3. The summed E-state index contributed by atoms with van der Waals surface area (Å²) in [6.07, 6.45) is 3.99. The molecule has 1 saturated carbocycles. The van der Waals surface area contributed by atoms with Crippen molar-refractivity contribution in [2.75, 3.05) is 25.1 Å². The molecule has 0 unspecified atom stereocenters. The number of rotatable bonds is 4. The van der Waals surface area contributed by atoms with Crippen LogP contribution in [0.4, 0.5) is 5.82 Å². The number of aryl methyl sites for hydroxylation is 2. The Morgan fingerprint density at radius 1 is 1.42 bits per heavy atom. The van der Waals surface area contributed by atoms with Gasteiger partial charge in [-0.15, -0.1) is 0 Å². The van der Waals surface area contributed by atoms with Gasteiger partial charge < -0.3 is 10.0 Å². The molecular formula is C13H19N5O. The van der Waals surface area contributed by atoms with Crippen molar-refractivity contribution < 1.29 is 5.11 Å². The molecule has 102 valence electrons. The maximum absolute atomic E-state index is 9.45. The van der Waals surface area contributed by atoms with Crippen LogP contribution in [0.2, 0.25) is 0 Å². The van der Waals surface area contributed by atoms with Gasteiger partial charge in [0.15, 0.2) is 5.65 Å². The third-order valence-electron chi connectivity index (χ3n) is 3.91. The van der Waals surface area contributed by atoms with Gasteiger partial charge in [0, 0.05) is 26.1 Å². The minimum atomic E-state index is 0.0716.